The molecule has 0 aliphatic rings. The van der Waals surface area contributed by atoms with Crippen LogP contribution in [0.3, 0.4) is 0 Å². The third-order valence-electron chi connectivity index (χ3n) is 4.97. The fraction of sp³-hybridized carbons (Fsp3) is 0.120. The van der Waals surface area contributed by atoms with Crippen molar-refractivity contribution in [2.45, 2.75) is 11.7 Å². The number of aromatic nitrogens is 3. The van der Waals surface area contributed by atoms with Gasteiger partial charge < -0.3 is 15.2 Å². The topological polar surface area (TPSA) is 114 Å². The van der Waals surface area contributed by atoms with Gasteiger partial charge in [-0.1, -0.05) is 30.0 Å². The highest BCUT2D eigenvalue weighted by Crippen LogP contribution is 2.23. The van der Waals surface area contributed by atoms with Crippen molar-refractivity contribution in [1.29, 1.82) is 0 Å². The summed E-state index contributed by atoms with van der Waals surface area (Å²) in [6.07, 6.45) is 1.36. The van der Waals surface area contributed by atoms with Crippen molar-refractivity contribution in [1.82, 2.24) is 20.2 Å². The lowest BCUT2D eigenvalue weighted by Gasteiger charge is -2.11. The van der Waals surface area contributed by atoms with Crippen LogP contribution in [-0.4, -0.2) is 44.9 Å². The maximum Gasteiger partial charge on any atom is 0.250 e. The molecule has 0 bridgehead atoms. The number of benzene rings is 3. The van der Waals surface area contributed by atoms with E-state index < -0.39 is 0 Å². The Bertz CT molecular complexity index is 1350. The van der Waals surface area contributed by atoms with Crippen molar-refractivity contribution < 1.29 is 14.6 Å². The minimum atomic E-state index is -0.320. The molecule has 0 radical (unpaired) electrons. The summed E-state index contributed by atoms with van der Waals surface area (Å²) in [7, 11) is 1.53. The summed E-state index contributed by atoms with van der Waals surface area (Å²) >= 11 is 3.52. The third kappa shape index (κ3) is 6.76. The maximum atomic E-state index is 12.4. The third-order valence-corrected chi connectivity index (χ3v) is 6.62. The van der Waals surface area contributed by atoms with Crippen LogP contribution in [0.15, 0.2) is 83.1 Å². The molecule has 0 saturated heterocycles. The first kappa shape index (κ1) is 25.5. The summed E-state index contributed by atoms with van der Waals surface area (Å²) in [5, 5.41) is 26.5. The zero-order chi connectivity index (χ0) is 25.3. The molecule has 3 N–H and O–H groups in total. The number of hydrogen-bond donors (Lipinski definition) is 3. The number of nitrogens with zero attached hydrogens (tertiary/aromatic N) is 4. The number of hydrazone groups is 1. The lowest BCUT2D eigenvalue weighted by atomic mass is 10.2. The smallest absolute Gasteiger partial charge is 0.250 e. The van der Waals surface area contributed by atoms with Crippen LogP contribution in [0.4, 0.5) is 5.69 Å². The summed E-state index contributed by atoms with van der Waals surface area (Å²) < 4.78 is 8.22. The monoisotopic (exact) mass is 614 g/mol. The van der Waals surface area contributed by atoms with Crippen LogP contribution in [0.5, 0.6) is 11.5 Å². The van der Waals surface area contributed by atoms with Gasteiger partial charge >= 0.3 is 0 Å². The number of aromatic hydroxyl groups is 1. The number of methoxy groups -OCH3 is 1. The Balaban J connectivity index is 1.42. The number of rotatable bonds is 10. The van der Waals surface area contributed by atoms with Crippen LogP contribution in [0.1, 0.15) is 11.4 Å². The number of amides is 1. The predicted octanol–water partition coefficient (Wildman–Crippen LogP) is 4.44. The van der Waals surface area contributed by atoms with E-state index in [4.69, 9.17) is 4.74 Å². The molecule has 0 aliphatic heterocycles. The summed E-state index contributed by atoms with van der Waals surface area (Å²) in [6.45, 7) is 0.462. The molecule has 0 spiro atoms. The second-order valence-corrected chi connectivity index (χ2v) is 9.62. The van der Waals surface area contributed by atoms with Gasteiger partial charge in [0, 0.05) is 20.5 Å². The fourth-order valence-electron chi connectivity index (χ4n) is 3.19. The standard InChI is InChI=1S/C25H23IN6O3S/c1-35-21-11-12-22(33)17(13-21)14-28-30-24(34)16-36-25-31-29-23(32(25)20-5-3-2-4-6-20)15-27-19-9-7-18(26)8-10-19/h2-14,27,33H,15-16H2,1H3,(H,30,34)/b28-14+. The molecule has 4 rings (SSSR count). The number of nitrogens with one attached hydrogen (secondary N) is 2. The van der Waals surface area contributed by atoms with Crippen molar-refractivity contribution in [2.24, 2.45) is 5.10 Å². The Kier molecular flexibility index (Phi) is 8.79. The van der Waals surface area contributed by atoms with Crippen LogP contribution < -0.4 is 15.5 Å². The Labute approximate surface area is 226 Å². The van der Waals surface area contributed by atoms with E-state index in [0.717, 1.165) is 14.9 Å². The number of thioether (sulfide) groups is 1. The minimum absolute atomic E-state index is 0.0329. The number of anilines is 1. The molecule has 0 fully saturated rings. The van der Waals surface area contributed by atoms with Gasteiger partial charge in [-0.2, -0.15) is 5.10 Å². The van der Waals surface area contributed by atoms with E-state index in [9.17, 15) is 9.90 Å². The van der Waals surface area contributed by atoms with Gasteiger partial charge in [0.05, 0.1) is 25.6 Å². The van der Waals surface area contributed by atoms with E-state index in [1.54, 1.807) is 12.1 Å². The molecular weight excluding hydrogens is 591 g/mol. The number of hydrogen-bond acceptors (Lipinski definition) is 8. The number of carbonyl (C=O) groups is 1. The van der Waals surface area contributed by atoms with Crippen molar-refractivity contribution >= 4 is 52.2 Å². The zero-order valence-corrected chi connectivity index (χ0v) is 22.2. The van der Waals surface area contributed by atoms with Gasteiger partial charge in [0.1, 0.15) is 11.5 Å². The molecule has 9 nitrogen and oxygen atoms in total. The first-order valence-corrected chi connectivity index (χ1v) is 12.9. The number of phenols is 1. The van der Waals surface area contributed by atoms with Gasteiger partial charge in [-0.05, 0) is 77.2 Å². The number of halogens is 1. The molecule has 1 amide bonds. The van der Waals surface area contributed by atoms with Crippen molar-refractivity contribution in [2.75, 3.05) is 18.2 Å². The number of carbonyl (C=O) groups excluding carboxylic acids is 1. The largest absolute Gasteiger partial charge is 0.507 e. The first-order valence-electron chi connectivity index (χ1n) is 10.8. The lowest BCUT2D eigenvalue weighted by molar-refractivity contribution is -0.118. The van der Waals surface area contributed by atoms with E-state index >= 15 is 0 Å². The number of para-hydroxylation sites is 1. The molecule has 184 valence electrons. The maximum absolute atomic E-state index is 12.4. The highest BCUT2D eigenvalue weighted by atomic mass is 127. The summed E-state index contributed by atoms with van der Waals surface area (Å²) in [6, 6.07) is 22.6. The Morgan fingerprint density at radius 2 is 1.92 bits per heavy atom. The van der Waals surface area contributed by atoms with Crippen LogP contribution in [-0.2, 0) is 11.3 Å². The molecule has 3 aromatic carbocycles. The normalized spacial score (nSPS) is 10.9. The SMILES string of the molecule is COc1ccc(O)c(/C=N/NC(=O)CSc2nnc(CNc3ccc(I)cc3)n2-c2ccccc2)c1. The van der Waals surface area contributed by atoms with Crippen LogP contribution in [0.25, 0.3) is 5.69 Å². The lowest BCUT2D eigenvalue weighted by Crippen LogP contribution is -2.20. The molecular formula is C25H23IN6O3S. The number of ether oxygens (including phenoxy) is 1. The van der Waals surface area contributed by atoms with Crippen molar-refractivity contribution in [3.63, 3.8) is 0 Å². The molecule has 0 saturated carbocycles. The first-order chi connectivity index (χ1) is 17.5. The van der Waals surface area contributed by atoms with Gasteiger partial charge in [-0.3, -0.25) is 9.36 Å². The highest BCUT2D eigenvalue weighted by Gasteiger charge is 2.16. The second kappa shape index (κ2) is 12.4. The van der Waals surface area contributed by atoms with E-state index in [1.807, 2.05) is 59.2 Å². The Hall–Kier alpha value is -3.58. The van der Waals surface area contributed by atoms with E-state index in [1.165, 1.54) is 31.2 Å². The van der Waals surface area contributed by atoms with Crippen molar-refractivity contribution in [3.05, 3.63) is 87.8 Å². The van der Waals surface area contributed by atoms with Gasteiger partial charge in [0.15, 0.2) is 11.0 Å². The van der Waals surface area contributed by atoms with Crippen LogP contribution in [0.2, 0.25) is 0 Å². The van der Waals surface area contributed by atoms with E-state index in [-0.39, 0.29) is 17.4 Å². The van der Waals surface area contributed by atoms with Gasteiger partial charge in [0.25, 0.3) is 5.91 Å². The van der Waals surface area contributed by atoms with Gasteiger partial charge in [-0.25, -0.2) is 5.43 Å². The average molecular weight is 614 g/mol. The molecule has 36 heavy (non-hydrogen) atoms. The van der Waals surface area contributed by atoms with Gasteiger partial charge in [-0.15, -0.1) is 10.2 Å². The van der Waals surface area contributed by atoms with E-state index in [2.05, 4.69) is 48.6 Å². The van der Waals surface area contributed by atoms with Gasteiger partial charge in [0.2, 0.25) is 0 Å². The molecule has 0 unspecified atom stereocenters. The Morgan fingerprint density at radius 3 is 2.67 bits per heavy atom. The highest BCUT2D eigenvalue weighted by molar-refractivity contribution is 14.1. The van der Waals surface area contributed by atoms with E-state index in [0.29, 0.717) is 28.8 Å². The average Bonchev–Trinajstić information content (AvgIpc) is 3.31. The molecule has 4 aromatic rings. The summed E-state index contributed by atoms with van der Waals surface area (Å²) in [5.74, 6) is 1.08. The molecule has 0 aliphatic carbocycles. The molecule has 1 aromatic heterocycles. The molecule has 11 heteroatoms. The van der Waals surface area contributed by atoms with Crippen LogP contribution in [0, 0.1) is 3.57 Å². The zero-order valence-electron chi connectivity index (χ0n) is 19.3. The second-order valence-electron chi connectivity index (χ2n) is 7.44. The number of phenolic OH excluding ortho intramolecular Hbond substituents is 1. The molecule has 0 atom stereocenters. The quantitative estimate of drug-likeness (QED) is 0.105. The summed E-state index contributed by atoms with van der Waals surface area (Å²) in [4.78, 5) is 12.4. The summed E-state index contributed by atoms with van der Waals surface area (Å²) in [5.41, 5.74) is 4.78. The fourth-order valence-corrected chi connectivity index (χ4v) is 4.32. The van der Waals surface area contributed by atoms with Crippen LogP contribution >= 0.6 is 34.4 Å². The van der Waals surface area contributed by atoms with Crippen molar-refractivity contribution in [3.8, 4) is 17.2 Å². The minimum Gasteiger partial charge on any atom is -0.507 e. The molecule has 1 heterocycles. The predicted molar refractivity (Wildman–Crippen MR) is 149 cm³/mol. The Morgan fingerprint density at radius 1 is 1.14 bits per heavy atom.